The van der Waals surface area contributed by atoms with Crippen LogP contribution in [0.2, 0.25) is 5.02 Å². The number of fused-ring (bicyclic) bond motifs is 1. The molecule has 24 heavy (non-hydrogen) atoms. The van der Waals surface area contributed by atoms with Crippen molar-refractivity contribution in [1.29, 1.82) is 0 Å². The highest BCUT2D eigenvalue weighted by atomic mass is 35.5. The number of nitrogens with two attached hydrogens (primary N) is 1. The van der Waals surface area contributed by atoms with Crippen LogP contribution >= 0.6 is 11.6 Å². The van der Waals surface area contributed by atoms with Crippen LogP contribution in [0, 0.1) is 0 Å². The Morgan fingerprint density at radius 3 is 2.38 bits per heavy atom. The molecule has 0 aliphatic heterocycles. The maximum Gasteiger partial charge on any atom is 0.259 e. The minimum atomic E-state index is -0.241. The summed E-state index contributed by atoms with van der Waals surface area (Å²) in [6.45, 7) is 0.727. The topological polar surface area (TPSA) is 64.3 Å². The fourth-order valence-electron chi connectivity index (χ4n) is 2.42. The van der Waals surface area contributed by atoms with Crippen LogP contribution in [-0.2, 0) is 0 Å². The Morgan fingerprint density at radius 2 is 1.71 bits per heavy atom. The minimum absolute atomic E-state index is 0.241. The summed E-state index contributed by atoms with van der Waals surface area (Å²) >= 11 is 5.87. The second-order valence-electron chi connectivity index (χ2n) is 5.29. The lowest BCUT2D eigenvalue weighted by Gasteiger charge is -2.13. The number of carbonyl (C=O) groups excluding carboxylic acids is 1. The molecule has 0 aliphatic rings. The highest BCUT2D eigenvalue weighted by Crippen LogP contribution is 2.27. The third kappa shape index (κ3) is 3.67. The van der Waals surface area contributed by atoms with Crippen molar-refractivity contribution in [2.45, 2.75) is 0 Å². The van der Waals surface area contributed by atoms with E-state index in [9.17, 15) is 4.79 Å². The quantitative estimate of drug-likeness (QED) is 0.735. The summed E-state index contributed by atoms with van der Waals surface area (Å²) in [6, 6.07) is 18.5. The Hall–Kier alpha value is -2.56. The first-order chi connectivity index (χ1) is 11.7. The number of halogens is 1. The van der Waals surface area contributed by atoms with Gasteiger partial charge in [-0.15, -0.1) is 0 Å². The van der Waals surface area contributed by atoms with Crippen LogP contribution in [0.5, 0.6) is 5.75 Å². The van der Waals surface area contributed by atoms with Crippen molar-refractivity contribution in [2.24, 2.45) is 5.73 Å². The molecule has 122 valence electrons. The third-order valence-corrected chi connectivity index (χ3v) is 3.82. The summed E-state index contributed by atoms with van der Waals surface area (Å²) in [6.07, 6.45) is 0. The van der Waals surface area contributed by atoms with Gasteiger partial charge in [-0.05, 0) is 47.2 Å². The van der Waals surface area contributed by atoms with Gasteiger partial charge < -0.3 is 15.8 Å². The number of anilines is 1. The third-order valence-electron chi connectivity index (χ3n) is 3.57. The Balaban J connectivity index is 1.95. The molecule has 0 aromatic heterocycles. The summed E-state index contributed by atoms with van der Waals surface area (Å²) in [5.41, 5.74) is 6.65. The second-order valence-corrected chi connectivity index (χ2v) is 5.73. The lowest BCUT2D eigenvalue weighted by molar-refractivity contribution is 0.102. The zero-order valence-corrected chi connectivity index (χ0v) is 13.7. The van der Waals surface area contributed by atoms with Crippen LogP contribution in [0.15, 0.2) is 60.7 Å². The van der Waals surface area contributed by atoms with Gasteiger partial charge in [-0.1, -0.05) is 35.9 Å². The van der Waals surface area contributed by atoms with Gasteiger partial charge in [-0.2, -0.15) is 0 Å². The normalized spacial score (nSPS) is 10.6. The van der Waals surface area contributed by atoms with E-state index < -0.39 is 0 Å². The fraction of sp³-hybridized carbons (Fsp3) is 0.105. The molecule has 0 unspecified atom stereocenters. The smallest absolute Gasteiger partial charge is 0.259 e. The van der Waals surface area contributed by atoms with Gasteiger partial charge in [0, 0.05) is 17.3 Å². The first-order valence-electron chi connectivity index (χ1n) is 7.60. The monoisotopic (exact) mass is 340 g/mol. The lowest BCUT2D eigenvalue weighted by atomic mass is 10.1. The Kier molecular flexibility index (Phi) is 4.99. The maximum atomic E-state index is 12.7. The van der Waals surface area contributed by atoms with Gasteiger partial charge in [0.15, 0.2) is 0 Å². The van der Waals surface area contributed by atoms with Gasteiger partial charge in [0.05, 0.1) is 5.56 Å². The van der Waals surface area contributed by atoms with Crippen LogP contribution < -0.4 is 15.8 Å². The van der Waals surface area contributed by atoms with E-state index >= 15 is 0 Å². The largest absolute Gasteiger partial charge is 0.491 e. The van der Waals surface area contributed by atoms with E-state index in [0.29, 0.717) is 35.2 Å². The molecule has 0 atom stereocenters. The van der Waals surface area contributed by atoms with Gasteiger partial charge in [-0.25, -0.2) is 0 Å². The van der Waals surface area contributed by atoms with Crippen molar-refractivity contribution in [1.82, 2.24) is 0 Å². The van der Waals surface area contributed by atoms with Crippen molar-refractivity contribution >= 4 is 34.0 Å². The first kappa shape index (κ1) is 16.3. The van der Waals surface area contributed by atoms with E-state index in [-0.39, 0.29) is 5.91 Å². The summed E-state index contributed by atoms with van der Waals surface area (Å²) in [5, 5.41) is 5.45. The molecule has 0 spiro atoms. The SMILES string of the molecule is NCCOc1cc2ccccc2cc1C(=O)Nc1ccc(Cl)cc1. The molecular weight excluding hydrogens is 324 g/mol. The molecule has 0 aliphatic carbocycles. The minimum Gasteiger partial charge on any atom is -0.491 e. The number of amides is 1. The number of hydrogen-bond acceptors (Lipinski definition) is 3. The summed E-state index contributed by atoms with van der Waals surface area (Å²) in [4.78, 5) is 12.7. The van der Waals surface area contributed by atoms with Gasteiger partial charge in [-0.3, -0.25) is 4.79 Å². The van der Waals surface area contributed by atoms with E-state index in [1.807, 2.05) is 36.4 Å². The van der Waals surface area contributed by atoms with Crippen LogP contribution in [0.25, 0.3) is 10.8 Å². The zero-order valence-electron chi connectivity index (χ0n) is 13.0. The molecule has 1 amide bonds. The number of carbonyl (C=O) groups is 1. The van der Waals surface area contributed by atoms with Crippen LogP contribution in [0.4, 0.5) is 5.69 Å². The molecule has 3 aromatic rings. The number of hydrogen-bond donors (Lipinski definition) is 2. The molecule has 0 saturated carbocycles. The summed E-state index contributed by atoms with van der Waals surface area (Å²) in [5.74, 6) is 0.278. The van der Waals surface area contributed by atoms with Gasteiger partial charge >= 0.3 is 0 Å². The van der Waals surface area contributed by atoms with Crippen molar-refractivity contribution < 1.29 is 9.53 Å². The van der Waals surface area contributed by atoms with E-state index in [0.717, 1.165) is 10.8 Å². The maximum absolute atomic E-state index is 12.7. The number of nitrogens with one attached hydrogen (secondary N) is 1. The molecule has 5 heteroatoms. The predicted octanol–water partition coefficient (Wildman–Crippen LogP) is 4.08. The number of rotatable bonds is 5. The van der Waals surface area contributed by atoms with Crippen molar-refractivity contribution in [3.8, 4) is 5.75 Å². The average molecular weight is 341 g/mol. The van der Waals surface area contributed by atoms with Crippen LogP contribution in [0.3, 0.4) is 0 Å². The molecular formula is C19H17ClN2O2. The Bertz CT molecular complexity index is 863. The van der Waals surface area contributed by atoms with Crippen molar-refractivity contribution in [3.05, 3.63) is 71.2 Å². The molecule has 0 heterocycles. The highest BCUT2D eigenvalue weighted by Gasteiger charge is 2.14. The van der Waals surface area contributed by atoms with Crippen molar-refractivity contribution in [2.75, 3.05) is 18.5 Å². The van der Waals surface area contributed by atoms with Crippen LogP contribution in [-0.4, -0.2) is 19.1 Å². The van der Waals surface area contributed by atoms with Gasteiger partial charge in [0.2, 0.25) is 0 Å². The highest BCUT2D eigenvalue weighted by molar-refractivity contribution is 6.30. The van der Waals surface area contributed by atoms with E-state index in [4.69, 9.17) is 22.1 Å². The lowest BCUT2D eigenvalue weighted by Crippen LogP contribution is -2.16. The molecule has 3 rings (SSSR count). The van der Waals surface area contributed by atoms with E-state index in [1.54, 1.807) is 24.3 Å². The zero-order chi connectivity index (χ0) is 16.9. The standard InChI is InChI=1S/C19H17ClN2O2/c20-15-5-7-16(8-6-15)22-19(23)17-11-13-3-1-2-4-14(13)12-18(17)24-10-9-21/h1-8,11-12H,9-10,21H2,(H,22,23). The summed E-state index contributed by atoms with van der Waals surface area (Å²) < 4.78 is 5.67. The Morgan fingerprint density at radius 1 is 1.04 bits per heavy atom. The molecule has 4 nitrogen and oxygen atoms in total. The summed E-state index contributed by atoms with van der Waals surface area (Å²) in [7, 11) is 0. The first-order valence-corrected chi connectivity index (χ1v) is 7.98. The molecule has 0 radical (unpaired) electrons. The molecule has 0 fully saturated rings. The number of benzene rings is 3. The molecule has 0 saturated heterocycles. The Labute approximate surface area is 145 Å². The van der Waals surface area contributed by atoms with Crippen molar-refractivity contribution in [3.63, 3.8) is 0 Å². The molecule has 3 aromatic carbocycles. The van der Waals surface area contributed by atoms with E-state index in [2.05, 4.69) is 5.32 Å². The average Bonchev–Trinajstić information content (AvgIpc) is 2.61. The fourth-order valence-corrected chi connectivity index (χ4v) is 2.54. The van der Waals surface area contributed by atoms with Crippen LogP contribution in [0.1, 0.15) is 10.4 Å². The van der Waals surface area contributed by atoms with Gasteiger partial charge in [0.1, 0.15) is 12.4 Å². The number of ether oxygens (including phenoxy) is 1. The predicted molar refractivity (Wildman–Crippen MR) is 97.9 cm³/mol. The van der Waals surface area contributed by atoms with E-state index in [1.165, 1.54) is 0 Å². The molecule has 3 N–H and O–H groups in total. The van der Waals surface area contributed by atoms with Gasteiger partial charge in [0.25, 0.3) is 5.91 Å². The second kappa shape index (κ2) is 7.34. The molecule has 0 bridgehead atoms.